The predicted octanol–water partition coefficient (Wildman–Crippen LogP) is 17.3. The van der Waals surface area contributed by atoms with Crippen molar-refractivity contribution in [2.75, 3.05) is 0 Å². The smallest absolute Gasteiger partial charge is 0.308 e. The van der Waals surface area contributed by atoms with E-state index in [9.17, 15) is 26.3 Å². The Bertz CT molecular complexity index is 3510. The van der Waals surface area contributed by atoms with Crippen LogP contribution < -0.4 is 0 Å². The van der Waals surface area contributed by atoms with Gasteiger partial charge < -0.3 is 4.57 Å². The van der Waals surface area contributed by atoms with Crippen LogP contribution in [0.2, 0.25) is 0 Å². The number of rotatable bonds is 8. The average molecular weight is 943 g/mol. The Kier molecular flexibility index (Phi) is 11.2. The second-order valence-corrected chi connectivity index (χ2v) is 17.6. The molecular weight excluding hydrogens is 903 g/mol. The van der Waals surface area contributed by atoms with Crippen LogP contribution in [0.25, 0.3) is 106 Å². The first-order chi connectivity index (χ1) is 34.2. The highest BCUT2D eigenvalue weighted by atomic mass is 19.4. The molecule has 346 valence electrons. The maximum atomic E-state index is 14.3. The minimum absolute atomic E-state index is 0.248. The zero-order valence-corrected chi connectivity index (χ0v) is 38.2. The second kappa shape index (κ2) is 17.7. The molecule has 0 saturated heterocycles. The Morgan fingerprint density at radius 3 is 1.03 bits per heavy atom. The van der Waals surface area contributed by atoms with Gasteiger partial charge in [-0.3, -0.25) is 0 Å². The molecule has 0 aliphatic carbocycles. The molecule has 0 aliphatic heterocycles. The van der Waals surface area contributed by atoms with E-state index in [4.69, 9.17) is 15.0 Å². The minimum atomic E-state index is -4.61. The van der Waals surface area contributed by atoms with Gasteiger partial charge in [-0.1, -0.05) is 157 Å². The fourth-order valence-electron chi connectivity index (χ4n) is 9.18. The Balaban J connectivity index is 1.26. The van der Waals surface area contributed by atoms with Gasteiger partial charge in [0.1, 0.15) is 0 Å². The lowest BCUT2D eigenvalue weighted by Gasteiger charge is -2.22. The van der Waals surface area contributed by atoms with Crippen molar-refractivity contribution in [2.24, 2.45) is 0 Å². The SMILES string of the molecule is Cc1ccc(-c2ccc3c(c2)c2cc(-c4ccc(C)cc4)ccc2n3-c2c(-c3ccc(C(F)(F)F)cc3)cc(-c3nc(-c4ccccc4)nc(-c4ccccc4)n3)cc2-c2ccc(C(F)(F)F)cc2)cc1. The number of aromatic nitrogens is 4. The molecule has 0 N–H and O–H groups in total. The highest BCUT2D eigenvalue weighted by molar-refractivity contribution is 6.13. The Labute approximate surface area is 405 Å². The molecule has 4 nitrogen and oxygen atoms in total. The van der Waals surface area contributed by atoms with E-state index < -0.39 is 23.5 Å². The van der Waals surface area contributed by atoms with Crippen molar-refractivity contribution in [1.82, 2.24) is 19.5 Å². The number of halogens is 6. The van der Waals surface area contributed by atoms with Crippen LogP contribution in [-0.4, -0.2) is 19.5 Å². The van der Waals surface area contributed by atoms with Gasteiger partial charge in [0.2, 0.25) is 0 Å². The molecule has 0 saturated carbocycles. The summed E-state index contributed by atoms with van der Waals surface area (Å²) in [5.41, 5.74) is 10.3. The van der Waals surface area contributed by atoms with E-state index >= 15 is 0 Å². The van der Waals surface area contributed by atoms with Crippen LogP contribution in [0.5, 0.6) is 0 Å². The summed E-state index contributed by atoms with van der Waals surface area (Å²) in [4.78, 5) is 14.9. The van der Waals surface area contributed by atoms with Crippen molar-refractivity contribution < 1.29 is 26.3 Å². The summed E-state index contributed by atoms with van der Waals surface area (Å²) in [6, 6.07) is 61.4. The Morgan fingerprint density at radius 1 is 0.324 bits per heavy atom. The van der Waals surface area contributed by atoms with E-state index in [1.165, 1.54) is 24.3 Å². The number of hydrogen-bond donors (Lipinski definition) is 0. The zero-order chi connectivity index (χ0) is 49.0. The van der Waals surface area contributed by atoms with Crippen molar-refractivity contribution in [3.8, 4) is 84.4 Å². The molecule has 0 atom stereocenters. The van der Waals surface area contributed by atoms with Crippen molar-refractivity contribution in [1.29, 1.82) is 0 Å². The number of fused-ring (bicyclic) bond motifs is 3. The summed E-state index contributed by atoms with van der Waals surface area (Å²) in [6.45, 7) is 4.07. The first-order valence-electron chi connectivity index (χ1n) is 22.9. The van der Waals surface area contributed by atoms with Crippen LogP contribution in [0.15, 0.2) is 206 Å². The summed E-state index contributed by atoms with van der Waals surface area (Å²) in [7, 11) is 0. The maximum Gasteiger partial charge on any atom is 0.416 e. The van der Waals surface area contributed by atoms with E-state index in [2.05, 4.69) is 65.2 Å². The van der Waals surface area contributed by atoms with Gasteiger partial charge in [0.25, 0.3) is 0 Å². The Morgan fingerprint density at radius 2 is 0.662 bits per heavy atom. The van der Waals surface area contributed by atoms with Crippen LogP contribution >= 0.6 is 0 Å². The number of aryl methyl sites for hydroxylation is 2. The molecule has 10 heteroatoms. The molecule has 9 aromatic carbocycles. The molecule has 11 aromatic rings. The highest BCUT2D eigenvalue weighted by Gasteiger charge is 2.32. The van der Waals surface area contributed by atoms with E-state index in [0.717, 1.165) is 90.6 Å². The zero-order valence-electron chi connectivity index (χ0n) is 38.2. The van der Waals surface area contributed by atoms with Gasteiger partial charge in [0.05, 0.1) is 27.8 Å². The van der Waals surface area contributed by atoms with Crippen molar-refractivity contribution in [3.05, 3.63) is 229 Å². The van der Waals surface area contributed by atoms with Crippen LogP contribution in [0.1, 0.15) is 22.3 Å². The minimum Gasteiger partial charge on any atom is -0.308 e. The number of alkyl halides is 6. The third-order valence-corrected chi connectivity index (χ3v) is 12.9. The van der Waals surface area contributed by atoms with Gasteiger partial charge in [-0.25, -0.2) is 15.0 Å². The molecular formula is C61H40F6N4. The molecule has 0 fully saturated rings. The summed E-state index contributed by atoms with van der Waals surface area (Å²) in [6.07, 6.45) is -9.23. The van der Waals surface area contributed by atoms with Crippen LogP contribution in [0, 0.1) is 13.8 Å². The van der Waals surface area contributed by atoms with E-state index in [1.54, 1.807) is 0 Å². The van der Waals surface area contributed by atoms with Crippen molar-refractivity contribution in [3.63, 3.8) is 0 Å². The summed E-state index contributed by atoms with van der Waals surface area (Å²) in [5, 5.41) is 1.79. The molecule has 0 radical (unpaired) electrons. The third kappa shape index (κ3) is 8.73. The van der Waals surface area contributed by atoms with Gasteiger partial charge in [-0.05, 0) is 108 Å². The number of nitrogens with zero attached hydrogens (tertiary/aromatic N) is 4. The predicted molar refractivity (Wildman–Crippen MR) is 272 cm³/mol. The Hall–Kier alpha value is -8.63. The van der Waals surface area contributed by atoms with Gasteiger partial charge in [-0.2, -0.15) is 26.3 Å². The largest absolute Gasteiger partial charge is 0.416 e. The number of hydrogen-bond acceptors (Lipinski definition) is 3. The molecule has 0 spiro atoms. The topological polar surface area (TPSA) is 43.6 Å². The standard InChI is InChI=1S/C61H40F6N4/c1-37-13-17-39(18-14-37)45-25-31-54-52(33-45)53-34-46(40-19-15-38(2)16-20-40)26-32-55(53)71(54)56-50(41-21-27-48(28-22-41)60(62,63)64)35-47(36-51(56)42-23-29-49(30-24-42)61(65,66)67)59-69-57(43-9-5-3-6-10-43)68-58(70-59)44-11-7-4-8-12-44/h3-36H,1-2H3. The first-order valence-corrected chi connectivity index (χ1v) is 22.9. The fourth-order valence-corrected chi connectivity index (χ4v) is 9.18. The summed E-state index contributed by atoms with van der Waals surface area (Å²) in [5.74, 6) is 1.00. The fraction of sp³-hybridized carbons (Fsp3) is 0.0656. The molecule has 0 amide bonds. The van der Waals surface area contributed by atoms with E-state index in [-0.39, 0.29) is 5.82 Å². The molecule has 0 aliphatic rings. The quantitative estimate of drug-likeness (QED) is 0.143. The van der Waals surface area contributed by atoms with Crippen molar-refractivity contribution >= 4 is 21.8 Å². The van der Waals surface area contributed by atoms with Crippen molar-refractivity contribution in [2.45, 2.75) is 26.2 Å². The lowest BCUT2D eigenvalue weighted by Crippen LogP contribution is -2.06. The monoisotopic (exact) mass is 942 g/mol. The highest BCUT2D eigenvalue weighted by Crippen LogP contribution is 2.46. The van der Waals surface area contributed by atoms with Crippen LogP contribution in [0.4, 0.5) is 26.3 Å². The average Bonchev–Trinajstić information content (AvgIpc) is 3.71. The van der Waals surface area contributed by atoms with Gasteiger partial charge in [0, 0.05) is 38.6 Å². The first kappa shape index (κ1) is 44.9. The molecule has 11 rings (SSSR count). The third-order valence-electron chi connectivity index (χ3n) is 12.9. The molecule has 0 bridgehead atoms. The van der Waals surface area contributed by atoms with E-state index in [0.29, 0.717) is 45.2 Å². The normalized spacial score (nSPS) is 11.9. The van der Waals surface area contributed by atoms with Crippen LogP contribution in [0.3, 0.4) is 0 Å². The lowest BCUT2D eigenvalue weighted by atomic mass is 9.91. The van der Waals surface area contributed by atoms with E-state index in [1.807, 2.05) is 111 Å². The molecule has 0 unspecified atom stereocenters. The number of benzene rings is 9. The van der Waals surface area contributed by atoms with Crippen LogP contribution in [-0.2, 0) is 12.4 Å². The van der Waals surface area contributed by atoms with Gasteiger partial charge in [0.15, 0.2) is 17.5 Å². The molecule has 2 aromatic heterocycles. The molecule has 71 heavy (non-hydrogen) atoms. The summed E-state index contributed by atoms with van der Waals surface area (Å²) >= 11 is 0. The molecule has 2 heterocycles. The van der Waals surface area contributed by atoms with Gasteiger partial charge >= 0.3 is 12.4 Å². The maximum absolute atomic E-state index is 14.3. The van der Waals surface area contributed by atoms with Gasteiger partial charge in [-0.15, -0.1) is 0 Å². The summed E-state index contributed by atoms with van der Waals surface area (Å²) < 4.78 is 87.6. The second-order valence-electron chi connectivity index (χ2n) is 17.6. The lowest BCUT2D eigenvalue weighted by molar-refractivity contribution is -0.138.